The zero-order valence-corrected chi connectivity index (χ0v) is 14.4. The highest BCUT2D eigenvalue weighted by Crippen LogP contribution is 2.31. The predicted octanol–water partition coefficient (Wildman–Crippen LogP) is 2.92. The minimum absolute atomic E-state index is 0.0247. The number of carbonyl (C=O) groups excluding carboxylic acids is 1. The number of halogens is 1. The van der Waals surface area contributed by atoms with Crippen molar-refractivity contribution >= 4 is 40.2 Å². The van der Waals surface area contributed by atoms with Gasteiger partial charge < -0.3 is 9.80 Å². The van der Waals surface area contributed by atoms with E-state index in [4.69, 9.17) is 11.6 Å². The van der Waals surface area contributed by atoms with Crippen molar-refractivity contribution in [2.75, 3.05) is 23.4 Å². The molecular formula is C18H16ClN5O. The molecule has 1 atom stereocenters. The van der Waals surface area contributed by atoms with Crippen molar-refractivity contribution in [3.05, 3.63) is 53.8 Å². The van der Waals surface area contributed by atoms with Gasteiger partial charge in [-0.15, -0.1) is 0 Å². The van der Waals surface area contributed by atoms with Crippen LogP contribution in [0.15, 0.2) is 48.8 Å². The Balaban J connectivity index is 1.61. The third-order valence-corrected chi connectivity index (χ3v) is 4.79. The summed E-state index contributed by atoms with van der Waals surface area (Å²) in [6.45, 7) is 0.630. The van der Waals surface area contributed by atoms with Crippen LogP contribution in [0.1, 0.15) is 6.42 Å². The molecule has 0 bridgehead atoms. The van der Waals surface area contributed by atoms with E-state index in [-0.39, 0.29) is 11.9 Å². The summed E-state index contributed by atoms with van der Waals surface area (Å²) >= 11 is 6.24. The maximum atomic E-state index is 12.9. The predicted molar refractivity (Wildman–Crippen MR) is 97.9 cm³/mol. The lowest BCUT2D eigenvalue weighted by molar-refractivity contribution is -0.118. The standard InChI is InChI=1S/C18H16ClN5O/c1-23(16-7-6-13-17(22-16)21-10-9-20-13)15-8-11-24(18(15)25)14-5-3-2-4-12(14)19/h2-7,9-10,15H,8,11H2,1H3. The number of aromatic nitrogens is 3. The summed E-state index contributed by atoms with van der Waals surface area (Å²) in [7, 11) is 1.88. The summed E-state index contributed by atoms with van der Waals surface area (Å²) in [5, 5.41) is 0.582. The monoisotopic (exact) mass is 353 g/mol. The number of amides is 1. The molecule has 4 rings (SSSR count). The smallest absolute Gasteiger partial charge is 0.249 e. The summed E-state index contributed by atoms with van der Waals surface area (Å²) in [5.74, 6) is 0.726. The molecule has 3 aromatic rings. The number of hydrogen-bond donors (Lipinski definition) is 0. The van der Waals surface area contributed by atoms with Crippen LogP contribution in [0.3, 0.4) is 0 Å². The van der Waals surface area contributed by atoms with Crippen molar-refractivity contribution in [2.24, 2.45) is 0 Å². The second-order valence-corrected chi connectivity index (χ2v) is 6.33. The van der Waals surface area contributed by atoms with E-state index in [9.17, 15) is 4.79 Å². The molecule has 0 aliphatic carbocycles. The zero-order chi connectivity index (χ0) is 17.4. The first-order valence-electron chi connectivity index (χ1n) is 8.01. The summed E-state index contributed by atoms with van der Waals surface area (Å²) in [6, 6.07) is 10.9. The molecule has 0 radical (unpaired) electrons. The van der Waals surface area contributed by atoms with Gasteiger partial charge in [-0.05, 0) is 30.7 Å². The molecule has 6 nitrogen and oxygen atoms in total. The molecule has 1 saturated heterocycles. The normalized spacial score (nSPS) is 17.3. The number of fused-ring (bicyclic) bond motifs is 1. The number of carbonyl (C=O) groups is 1. The first-order valence-corrected chi connectivity index (χ1v) is 8.39. The second-order valence-electron chi connectivity index (χ2n) is 5.93. The number of hydrogen-bond acceptors (Lipinski definition) is 5. The molecule has 0 saturated carbocycles. The number of likely N-dealkylation sites (N-methyl/N-ethyl adjacent to an activating group) is 1. The molecule has 1 unspecified atom stereocenters. The van der Waals surface area contributed by atoms with E-state index in [0.717, 1.165) is 11.2 Å². The molecular weight excluding hydrogens is 338 g/mol. The average molecular weight is 354 g/mol. The van der Waals surface area contributed by atoms with Crippen LogP contribution in [0.5, 0.6) is 0 Å². The van der Waals surface area contributed by atoms with Gasteiger partial charge in [0.15, 0.2) is 5.65 Å². The molecule has 3 heterocycles. The topological polar surface area (TPSA) is 62.2 Å². The highest BCUT2D eigenvalue weighted by atomic mass is 35.5. The van der Waals surface area contributed by atoms with Crippen molar-refractivity contribution in [1.29, 1.82) is 0 Å². The maximum absolute atomic E-state index is 12.9. The maximum Gasteiger partial charge on any atom is 0.249 e. The van der Waals surface area contributed by atoms with E-state index in [0.29, 0.717) is 29.5 Å². The Hall–Kier alpha value is -2.73. The molecule has 1 aromatic carbocycles. The fraction of sp³-hybridized carbons (Fsp3) is 0.222. The SMILES string of the molecule is CN(c1ccc2nccnc2n1)C1CCN(c2ccccc2Cl)C1=O. The van der Waals surface area contributed by atoms with Gasteiger partial charge in [-0.3, -0.25) is 9.78 Å². The van der Waals surface area contributed by atoms with Gasteiger partial charge in [0.05, 0.1) is 10.7 Å². The molecule has 1 fully saturated rings. The van der Waals surface area contributed by atoms with Crippen LogP contribution in [0.2, 0.25) is 5.02 Å². The van der Waals surface area contributed by atoms with Crippen molar-refractivity contribution in [1.82, 2.24) is 15.0 Å². The second kappa shape index (κ2) is 6.29. The van der Waals surface area contributed by atoms with Gasteiger partial charge in [0.25, 0.3) is 0 Å². The molecule has 1 amide bonds. The van der Waals surface area contributed by atoms with Crippen molar-refractivity contribution in [3.8, 4) is 0 Å². The highest BCUT2D eigenvalue weighted by Gasteiger charge is 2.36. The lowest BCUT2D eigenvalue weighted by atomic mass is 10.2. The number of nitrogens with zero attached hydrogens (tertiary/aromatic N) is 5. The van der Waals surface area contributed by atoms with Gasteiger partial charge in [-0.1, -0.05) is 23.7 Å². The Morgan fingerprint density at radius 3 is 2.80 bits per heavy atom. The summed E-state index contributed by atoms with van der Waals surface area (Å²) in [6.07, 6.45) is 3.95. The first-order chi connectivity index (χ1) is 12.1. The van der Waals surface area contributed by atoms with E-state index < -0.39 is 0 Å². The Morgan fingerprint density at radius 2 is 1.96 bits per heavy atom. The van der Waals surface area contributed by atoms with Crippen LogP contribution in [0.25, 0.3) is 11.2 Å². The highest BCUT2D eigenvalue weighted by molar-refractivity contribution is 6.34. The average Bonchev–Trinajstić information content (AvgIpc) is 3.02. The number of benzene rings is 1. The Bertz CT molecular complexity index is 947. The summed E-state index contributed by atoms with van der Waals surface area (Å²) < 4.78 is 0. The molecule has 0 N–H and O–H groups in total. The van der Waals surface area contributed by atoms with E-state index in [1.807, 2.05) is 42.3 Å². The Kier molecular flexibility index (Phi) is 3.97. The number of anilines is 2. The van der Waals surface area contributed by atoms with E-state index in [1.54, 1.807) is 23.4 Å². The van der Waals surface area contributed by atoms with Gasteiger partial charge in [-0.25, -0.2) is 9.97 Å². The van der Waals surface area contributed by atoms with Crippen LogP contribution in [-0.2, 0) is 4.79 Å². The van der Waals surface area contributed by atoms with Crippen molar-refractivity contribution in [3.63, 3.8) is 0 Å². The summed E-state index contributed by atoms with van der Waals surface area (Å²) in [4.78, 5) is 29.5. The van der Waals surface area contributed by atoms with E-state index in [2.05, 4.69) is 15.0 Å². The van der Waals surface area contributed by atoms with Gasteiger partial charge in [0, 0.05) is 26.0 Å². The van der Waals surface area contributed by atoms with Crippen LogP contribution in [0, 0.1) is 0 Å². The van der Waals surface area contributed by atoms with Crippen molar-refractivity contribution < 1.29 is 4.79 Å². The largest absolute Gasteiger partial charge is 0.347 e. The quantitative estimate of drug-likeness (QED) is 0.724. The molecule has 2 aromatic heterocycles. The molecule has 7 heteroatoms. The van der Waals surface area contributed by atoms with Gasteiger partial charge >= 0.3 is 0 Å². The van der Waals surface area contributed by atoms with Gasteiger partial charge in [0.2, 0.25) is 5.91 Å². The minimum atomic E-state index is -0.280. The first kappa shape index (κ1) is 15.8. The molecule has 25 heavy (non-hydrogen) atoms. The van der Waals surface area contributed by atoms with E-state index >= 15 is 0 Å². The number of para-hydroxylation sites is 1. The van der Waals surface area contributed by atoms with Crippen molar-refractivity contribution in [2.45, 2.75) is 12.5 Å². The van der Waals surface area contributed by atoms with Crippen LogP contribution in [0.4, 0.5) is 11.5 Å². The van der Waals surface area contributed by atoms with Crippen LogP contribution >= 0.6 is 11.6 Å². The summed E-state index contributed by atoms with van der Waals surface area (Å²) in [5.41, 5.74) is 2.05. The molecule has 1 aliphatic heterocycles. The molecule has 126 valence electrons. The van der Waals surface area contributed by atoms with Gasteiger partial charge in [-0.2, -0.15) is 0 Å². The lowest BCUT2D eigenvalue weighted by Gasteiger charge is -2.25. The molecule has 0 spiro atoms. The fourth-order valence-electron chi connectivity index (χ4n) is 3.13. The van der Waals surface area contributed by atoms with Crippen LogP contribution in [-0.4, -0.2) is 40.5 Å². The fourth-order valence-corrected chi connectivity index (χ4v) is 3.37. The lowest BCUT2D eigenvalue weighted by Crippen LogP contribution is -2.40. The minimum Gasteiger partial charge on any atom is -0.347 e. The van der Waals surface area contributed by atoms with Gasteiger partial charge in [0.1, 0.15) is 17.4 Å². The van der Waals surface area contributed by atoms with Crippen LogP contribution < -0.4 is 9.80 Å². The number of rotatable bonds is 3. The third kappa shape index (κ3) is 2.78. The Labute approximate surface area is 150 Å². The zero-order valence-electron chi connectivity index (χ0n) is 13.6. The molecule has 1 aliphatic rings. The van der Waals surface area contributed by atoms with E-state index in [1.165, 1.54) is 0 Å². The number of pyridine rings is 1. The third-order valence-electron chi connectivity index (χ3n) is 4.47. The Morgan fingerprint density at radius 1 is 1.16 bits per heavy atom.